The number of methoxy groups -OCH3 is 2. The summed E-state index contributed by atoms with van der Waals surface area (Å²) in [4.78, 5) is 0. The van der Waals surface area contributed by atoms with E-state index < -0.39 is 0 Å². The molecule has 0 N–H and O–H groups in total. The average Bonchev–Trinajstić information content (AvgIpc) is 2.38. The molecule has 0 saturated heterocycles. The Labute approximate surface area is 102 Å². The zero-order valence-electron chi connectivity index (χ0n) is 10.4. The van der Waals surface area contributed by atoms with Crippen LogP contribution in [0, 0.1) is 11.3 Å². The van der Waals surface area contributed by atoms with Crippen molar-refractivity contribution in [1.82, 2.24) is 0 Å². The first kappa shape index (κ1) is 13.2. The van der Waals surface area contributed by atoms with Gasteiger partial charge in [-0.05, 0) is 6.42 Å². The van der Waals surface area contributed by atoms with Crippen LogP contribution in [0.15, 0.2) is 12.1 Å². The first-order chi connectivity index (χ1) is 8.26. The van der Waals surface area contributed by atoms with E-state index in [1.165, 1.54) is 0 Å². The SMILES string of the molecule is CCCCOc1c(OC)cc(C#N)cc1OC. The molecule has 1 aromatic carbocycles. The minimum Gasteiger partial charge on any atom is -0.493 e. The fourth-order valence-corrected chi connectivity index (χ4v) is 1.41. The summed E-state index contributed by atoms with van der Waals surface area (Å²) in [6, 6.07) is 5.34. The second kappa shape index (κ2) is 6.64. The number of hydrogen-bond acceptors (Lipinski definition) is 4. The molecule has 0 amide bonds. The number of benzene rings is 1. The third kappa shape index (κ3) is 3.28. The van der Waals surface area contributed by atoms with E-state index in [0.29, 0.717) is 29.4 Å². The predicted octanol–water partition coefficient (Wildman–Crippen LogP) is 2.75. The second-order valence-corrected chi connectivity index (χ2v) is 3.52. The first-order valence-electron chi connectivity index (χ1n) is 5.55. The van der Waals surface area contributed by atoms with Crippen LogP contribution in [0.25, 0.3) is 0 Å². The van der Waals surface area contributed by atoms with Crippen molar-refractivity contribution in [3.63, 3.8) is 0 Å². The Hall–Kier alpha value is -1.89. The Kier molecular flexibility index (Phi) is 5.15. The molecular formula is C13H17NO3. The van der Waals surface area contributed by atoms with Crippen molar-refractivity contribution in [2.75, 3.05) is 20.8 Å². The zero-order valence-corrected chi connectivity index (χ0v) is 10.4. The van der Waals surface area contributed by atoms with Crippen LogP contribution in [0.2, 0.25) is 0 Å². The van der Waals surface area contributed by atoms with Crippen LogP contribution < -0.4 is 14.2 Å². The highest BCUT2D eigenvalue weighted by Crippen LogP contribution is 2.38. The third-order valence-corrected chi connectivity index (χ3v) is 2.33. The molecule has 0 aliphatic rings. The number of rotatable bonds is 6. The smallest absolute Gasteiger partial charge is 0.203 e. The van der Waals surface area contributed by atoms with Crippen LogP contribution in [-0.4, -0.2) is 20.8 Å². The number of ether oxygens (including phenoxy) is 3. The standard InChI is InChI=1S/C13H17NO3/c1-4-5-6-17-13-11(15-2)7-10(9-14)8-12(13)16-3/h7-8H,4-6H2,1-3H3. The van der Waals surface area contributed by atoms with Gasteiger partial charge >= 0.3 is 0 Å². The van der Waals surface area contributed by atoms with Crippen LogP contribution in [0.5, 0.6) is 17.2 Å². The predicted molar refractivity (Wildman–Crippen MR) is 64.7 cm³/mol. The van der Waals surface area contributed by atoms with E-state index in [2.05, 4.69) is 13.0 Å². The maximum Gasteiger partial charge on any atom is 0.203 e. The minimum absolute atomic E-state index is 0.488. The normalized spacial score (nSPS) is 9.53. The molecule has 17 heavy (non-hydrogen) atoms. The van der Waals surface area contributed by atoms with E-state index in [1.54, 1.807) is 26.4 Å². The van der Waals surface area contributed by atoms with Gasteiger partial charge in [0.05, 0.1) is 32.5 Å². The molecule has 0 heterocycles. The lowest BCUT2D eigenvalue weighted by Gasteiger charge is -2.14. The summed E-state index contributed by atoms with van der Waals surface area (Å²) < 4.78 is 16.0. The number of hydrogen-bond donors (Lipinski definition) is 0. The van der Waals surface area contributed by atoms with Gasteiger partial charge in [0, 0.05) is 12.1 Å². The summed E-state index contributed by atoms with van der Waals surface area (Å²) in [6.45, 7) is 2.70. The molecular weight excluding hydrogens is 218 g/mol. The van der Waals surface area contributed by atoms with Crippen LogP contribution in [0.3, 0.4) is 0 Å². The Bertz CT molecular complexity index is 385. The zero-order chi connectivity index (χ0) is 12.7. The van der Waals surface area contributed by atoms with Crippen LogP contribution in [0.1, 0.15) is 25.3 Å². The number of nitrogens with zero attached hydrogens (tertiary/aromatic N) is 1. The first-order valence-corrected chi connectivity index (χ1v) is 5.55. The molecule has 0 aliphatic heterocycles. The third-order valence-electron chi connectivity index (χ3n) is 2.33. The van der Waals surface area contributed by atoms with Crippen molar-refractivity contribution >= 4 is 0 Å². The molecule has 0 aliphatic carbocycles. The number of nitriles is 1. The Balaban J connectivity index is 3.03. The minimum atomic E-state index is 0.488. The molecule has 92 valence electrons. The highest BCUT2D eigenvalue weighted by atomic mass is 16.5. The monoisotopic (exact) mass is 235 g/mol. The molecule has 0 atom stereocenters. The van der Waals surface area contributed by atoms with E-state index >= 15 is 0 Å². The van der Waals surface area contributed by atoms with Gasteiger partial charge in [-0.25, -0.2) is 0 Å². The van der Waals surface area contributed by atoms with E-state index in [0.717, 1.165) is 12.8 Å². The van der Waals surface area contributed by atoms with Gasteiger partial charge in [-0.3, -0.25) is 0 Å². The summed E-state index contributed by atoms with van der Waals surface area (Å²) >= 11 is 0. The molecule has 0 spiro atoms. The fraction of sp³-hybridized carbons (Fsp3) is 0.462. The highest BCUT2D eigenvalue weighted by molar-refractivity contribution is 5.56. The van der Waals surface area contributed by atoms with E-state index in [9.17, 15) is 0 Å². The van der Waals surface area contributed by atoms with Crippen molar-refractivity contribution in [3.8, 4) is 23.3 Å². The van der Waals surface area contributed by atoms with E-state index in [1.807, 2.05) is 0 Å². The second-order valence-electron chi connectivity index (χ2n) is 3.52. The quantitative estimate of drug-likeness (QED) is 0.711. The van der Waals surface area contributed by atoms with Crippen molar-refractivity contribution in [1.29, 1.82) is 5.26 Å². The summed E-state index contributed by atoms with van der Waals surface area (Å²) in [5.74, 6) is 1.61. The average molecular weight is 235 g/mol. The molecule has 0 saturated carbocycles. The molecule has 1 rings (SSSR count). The highest BCUT2D eigenvalue weighted by Gasteiger charge is 2.13. The van der Waals surface area contributed by atoms with Gasteiger partial charge in [0.2, 0.25) is 5.75 Å². The lowest BCUT2D eigenvalue weighted by atomic mass is 10.2. The molecule has 0 fully saturated rings. The molecule has 4 heteroatoms. The molecule has 0 bridgehead atoms. The summed E-state index contributed by atoms with van der Waals surface area (Å²) in [5.41, 5.74) is 0.488. The fourth-order valence-electron chi connectivity index (χ4n) is 1.41. The van der Waals surface area contributed by atoms with Gasteiger partial charge in [0.1, 0.15) is 0 Å². The molecule has 0 unspecified atom stereocenters. The van der Waals surface area contributed by atoms with Crippen molar-refractivity contribution in [2.45, 2.75) is 19.8 Å². The Morgan fingerprint density at radius 2 is 1.76 bits per heavy atom. The van der Waals surface area contributed by atoms with Gasteiger partial charge in [-0.2, -0.15) is 5.26 Å². The molecule has 0 radical (unpaired) electrons. The molecule has 4 nitrogen and oxygen atoms in total. The maximum absolute atomic E-state index is 8.88. The van der Waals surface area contributed by atoms with E-state index in [-0.39, 0.29) is 0 Å². The van der Waals surface area contributed by atoms with Crippen LogP contribution in [-0.2, 0) is 0 Å². The summed E-state index contributed by atoms with van der Waals surface area (Å²) in [5, 5.41) is 8.88. The molecule has 0 aromatic heterocycles. The van der Waals surface area contributed by atoms with Gasteiger partial charge in [0.15, 0.2) is 11.5 Å². The van der Waals surface area contributed by atoms with Gasteiger partial charge < -0.3 is 14.2 Å². The largest absolute Gasteiger partial charge is 0.493 e. The van der Waals surface area contributed by atoms with Crippen LogP contribution in [0.4, 0.5) is 0 Å². The van der Waals surface area contributed by atoms with Crippen molar-refractivity contribution < 1.29 is 14.2 Å². The van der Waals surface area contributed by atoms with Gasteiger partial charge in [-0.1, -0.05) is 13.3 Å². The number of unbranched alkanes of at least 4 members (excludes halogenated alkanes) is 1. The maximum atomic E-state index is 8.88. The summed E-state index contributed by atoms with van der Waals surface area (Å²) in [6.07, 6.45) is 2.02. The van der Waals surface area contributed by atoms with Crippen LogP contribution >= 0.6 is 0 Å². The van der Waals surface area contributed by atoms with Gasteiger partial charge in [0.25, 0.3) is 0 Å². The lowest BCUT2D eigenvalue weighted by molar-refractivity contribution is 0.270. The van der Waals surface area contributed by atoms with Gasteiger partial charge in [-0.15, -0.1) is 0 Å². The Morgan fingerprint density at radius 3 is 2.18 bits per heavy atom. The lowest BCUT2D eigenvalue weighted by Crippen LogP contribution is -2.01. The molecule has 1 aromatic rings. The van der Waals surface area contributed by atoms with Crippen molar-refractivity contribution in [3.05, 3.63) is 17.7 Å². The topological polar surface area (TPSA) is 51.5 Å². The summed E-state index contributed by atoms with van der Waals surface area (Å²) in [7, 11) is 3.09. The Morgan fingerprint density at radius 1 is 1.18 bits per heavy atom. The van der Waals surface area contributed by atoms with Crippen molar-refractivity contribution in [2.24, 2.45) is 0 Å². The van der Waals surface area contributed by atoms with E-state index in [4.69, 9.17) is 19.5 Å².